The molecule has 6 heteroatoms. The smallest absolute Gasteiger partial charge is 0.335 e. The van der Waals surface area contributed by atoms with Gasteiger partial charge in [-0.15, -0.1) is 0 Å². The van der Waals surface area contributed by atoms with E-state index < -0.39 is 11.9 Å². The van der Waals surface area contributed by atoms with E-state index in [2.05, 4.69) is 0 Å². The number of carboxylic acids is 2. The van der Waals surface area contributed by atoms with Gasteiger partial charge in [0, 0.05) is 0 Å². The molecule has 6 nitrogen and oxygen atoms in total. The van der Waals surface area contributed by atoms with Gasteiger partial charge in [-0.2, -0.15) is 0 Å². The molecule has 0 radical (unpaired) electrons. The standard InChI is InChI=1S/C34H34O6/c35-33(36)29-11-7-25(8-12-29)27-15-19-31(20-16-27)39-23-5-3-1-2-4-6-24-40-32-21-17-28(18-22-32)26-9-13-30(14-10-26)34(37)38/h7-22H,1-6,23-24H2,(H,35,36)(H,37,38). The normalized spacial score (nSPS) is 10.7. The summed E-state index contributed by atoms with van der Waals surface area (Å²) in [4.78, 5) is 22.0. The first-order valence-electron chi connectivity index (χ1n) is 13.6. The molecule has 0 aliphatic rings. The summed E-state index contributed by atoms with van der Waals surface area (Å²) < 4.78 is 11.7. The minimum Gasteiger partial charge on any atom is -0.494 e. The first kappa shape index (κ1) is 28.4. The second-order valence-electron chi connectivity index (χ2n) is 9.63. The lowest BCUT2D eigenvalue weighted by atomic mass is 10.0. The molecule has 4 aromatic carbocycles. The van der Waals surface area contributed by atoms with Gasteiger partial charge in [-0.1, -0.05) is 74.2 Å². The molecule has 0 amide bonds. The van der Waals surface area contributed by atoms with Crippen molar-refractivity contribution in [2.75, 3.05) is 13.2 Å². The van der Waals surface area contributed by atoms with Gasteiger partial charge >= 0.3 is 11.9 Å². The van der Waals surface area contributed by atoms with Gasteiger partial charge in [0.1, 0.15) is 11.5 Å². The summed E-state index contributed by atoms with van der Waals surface area (Å²) in [6.07, 6.45) is 6.63. The van der Waals surface area contributed by atoms with Crippen molar-refractivity contribution >= 4 is 11.9 Å². The van der Waals surface area contributed by atoms with Gasteiger partial charge in [-0.05, 0) is 83.6 Å². The Kier molecular flexibility index (Phi) is 10.3. The van der Waals surface area contributed by atoms with Crippen LogP contribution >= 0.6 is 0 Å². The van der Waals surface area contributed by atoms with Crippen LogP contribution in [0.4, 0.5) is 0 Å². The summed E-state index contributed by atoms with van der Waals surface area (Å²) in [6, 6.07) is 29.5. The third kappa shape index (κ3) is 8.46. The second kappa shape index (κ2) is 14.5. The molecule has 0 aromatic heterocycles. The molecule has 0 saturated heterocycles. The average molecular weight is 539 g/mol. The maximum Gasteiger partial charge on any atom is 0.335 e. The van der Waals surface area contributed by atoms with Crippen LogP contribution in [0.15, 0.2) is 97.1 Å². The Morgan fingerprint density at radius 3 is 1.00 bits per heavy atom. The van der Waals surface area contributed by atoms with Crippen LogP contribution in [-0.2, 0) is 0 Å². The predicted molar refractivity (Wildman–Crippen MR) is 156 cm³/mol. The first-order chi connectivity index (χ1) is 19.5. The summed E-state index contributed by atoms with van der Waals surface area (Å²) in [5.41, 5.74) is 4.56. The Balaban J connectivity index is 1.04. The fourth-order valence-corrected chi connectivity index (χ4v) is 4.39. The van der Waals surface area contributed by atoms with Crippen LogP contribution in [0.2, 0.25) is 0 Å². The van der Waals surface area contributed by atoms with Crippen LogP contribution in [0, 0.1) is 0 Å². The molecule has 0 spiro atoms. The quantitative estimate of drug-likeness (QED) is 0.148. The third-order valence-corrected chi connectivity index (χ3v) is 6.72. The number of hydrogen-bond acceptors (Lipinski definition) is 4. The average Bonchev–Trinajstić information content (AvgIpc) is 2.99. The van der Waals surface area contributed by atoms with Crippen molar-refractivity contribution in [2.45, 2.75) is 38.5 Å². The molecular formula is C34H34O6. The molecule has 0 aliphatic heterocycles. The highest BCUT2D eigenvalue weighted by molar-refractivity contribution is 5.89. The van der Waals surface area contributed by atoms with E-state index in [4.69, 9.17) is 19.7 Å². The minimum absolute atomic E-state index is 0.282. The van der Waals surface area contributed by atoms with Crippen LogP contribution in [-0.4, -0.2) is 35.4 Å². The maximum absolute atomic E-state index is 11.0. The Morgan fingerprint density at radius 1 is 0.425 bits per heavy atom. The van der Waals surface area contributed by atoms with E-state index in [0.29, 0.717) is 13.2 Å². The zero-order valence-electron chi connectivity index (χ0n) is 22.4. The van der Waals surface area contributed by atoms with Crippen LogP contribution in [0.25, 0.3) is 22.3 Å². The number of hydrogen-bond donors (Lipinski definition) is 2. The van der Waals surface area contributed by atoms with Gasteiger partial charge in [0.15, 0.2) is 0 Å². The Bertz CT molecular complexity index is 1250. The molecule has 0 saturated carbocycles. The lowest BCUT2D eigenvalue weighted by Gasteiger charge is -2.09. The molecule has 4 rings (SSSR count). The number of rotatable bonds is 15. The summed E-state index contributed by atoms with van der Waals surface area (Å²) in [5, 5.41) is 18.1. The molecule has 40 heavy (non-hydrogen) atoms. The van der Waals surface area contributed by atoms with Crippen LogP contribution in [0.3, 0.4) is 0 Å². The van der Waals surface area contributed by atoms with Gasteiger partial charge in [-0.3, -0.25) is 0 Å². The molecule has 2 N–H and O–H groups in total. The first-order valence-corrected chi connectivity index (χ1v) is 13.6. The highest BCUT2D eigenvalue weighted by atomic mass is 16.5. The van der Waals surface area contributed by atoms with Crippen LogP contribution in [0.1, 0.15) is 59.2 Å². The lowest BCUT2D eigenvalue weighted by molar-refractivity contribution is 0.0686. The Labute approximate surface area is 234 Å². The zero-order valence-corrected chi connectivity index (χ0v) is 22.4. The molecule has 0 heterocycles. The molecule has 0 fully saturated rings. The van der Waals surface area contributed by atoms with Crippen molar-refractivity contribution < 1.29 is 29.3 Å². The fourth-order valence-electron chi connectivity index (χ4n) is 4.39. The topological polar surface area (TPSA) is 93.1 Å². The largest absolute Gasteiger partial charge is 0.494 e. The molecule has 4 aromatic rings. The predicted octanol–water partition coefficient (Wildman–Crippen LogP) is 8.22. The van der Waals surface area contributed by atoms with E-state index in [1.54, 1.807) is 24.3 Å². The highest BCUT2D eigenvalue weighted by Gasteiger charge is 2.05. The number of unbranched alkanes of at least 4 members (excludes halogenated alkanes) is 5. The summed E-state index contributed by atoms with van der Waals surface area (Å²) >= 11 is 0. The van der Waals surface area contributed by atoms with E-state index in [9.17, 15) is 9.59 Å². The number of carboxylic acid groups (broad SMARTS) is 2. The van der Waals surface area contributed by atoms with E-state index in [-0.39, 0.29) is 11.1 Å². The van der Waals surface area contributed by atoms with Gasteiger partial charge in [0.25, 0.3) is 0 Å². The van der Waals surface area contributed by atoms with E-state index in [1.165, 1.54) is 12.8 Å². The zero-order chi connectivity index (χ0) is 28.2. The van der Waals surface area contributed by atoms with Gasteiger partial charge in [0.05, 0.1) is 24.3 Å². The monoisotopic (exact) mass is 538 g/mol. The van der Waals surface area contributed by atoms with Crippen molar-refractivity contribution in [1.82, 2.24) is 0 Å². The van der Waals surface area contributed by atoms with E-state index >= 15 is 0 Å². The van der Waals surface area contributed by atoms with E-state index in [1.807, 2.05) is 72.8 Å². The summed E-state index contributed by atoms with van der Waals surface area (Å²) in [5.74, 6) is -0.166. The molecule has 0 aliphatic carbocycles. The summed E-state index contributed by atoms with van der Waals surface area (Å²) in [7, 11) is 0. The Hall–Kier alpha value is -4.58. The number of carbonyl (C=O) groups is 2. The SMILES string of the molecule is O=C(O)c1ccc(-c2ccc(OCCCCCCCCOc3ccc(-c4ccc(C(=O)O)cc4)cc3)cc2)cc1. The fraction of sp³-hybridized carbons (Fsp3) is 0.235. The van der Waals surface area contributed by atoms with Crippen molar-refractivity contribution in [1.29, 1.82) is 0 Å². The van der Waals surface area contributed by atoms with Gasteiger partial charge < -0.3 is 19.7 Å². The van der Waals surface area contributed by atoms with Gasteiger partial charge in [0.2, 0.25) is 0 Å². The summed E-state index contributed by atoms with van der Waals surface area (Å²) in [6.45, 7) is 1.38. The number of ether oxygens (including phenoxy) is 2. The van der Waals surface area contributed by atoms with Gasteiger partial charge in [-0.25, -0.2) is 9.59 Å². The second-order valence-corrected chi connectivity index (χ2v) is 9.63. The lowest BCUT2D eigenvalue weighted by Crippen LogP contribution is -1.98. The third-order valence-electron chi connectivity index (χ3n) is 6.72. The van der Waals surface area contributed by atoms with Crippen LogP contribution in [0.5, 0.6) is 11.5 Å². The number of benzene rings is 4. The minimum atomic E-state index is -0.923. The molecule has 0 bridgehead atoms. The highest BCUT2D eigenvalue weighted by Crippen LogP contribution is 2.24. The van der Waals surface area contributed by atoms with Crippen molar-refractivity contribution in [3.8, 4) is 33.8 Å². The number of aromatic carboxylic acids is 2. The molecule has 0 unspecified atom stereocenters. The van der Waals surface area contributed by atoms with Crippen molar-refractivity contribution in [2.24, 2.45) is 0 Å². The van der Waals surface area contributed by atoms with Crippen molar-refractivity contribution in [3.05, 3.63) is 108 Å². The Morgan fingerprint density at radius 2 is 0.700 bits per heavy atom. The maximum atomic E-state index is 11.0. The molecule has 206 valence electrons. The molecule has 0 atom stereocenters. The van der Waals surface area contributed by atoms with Crippen molar-refractivity contribution in [3.63, 3.8) is 0 Å². The molecular weight excluding hydrogens is 504 g/mol. The van der Waals surface area contributed by atoms with Crippen LogP contribution < -0.4 is 9.47 Å². The van der Waals surface area contributed by atoms with E-state index in [0.717, 1.165) is 59.4 Å².